The molecular weight excluding hydrogens is 396 g/mol. The van der Waals surface area contributed by atoms with Crippen LogP contribution in [0.5, 0.6) is 11.5 Å². The number of benzene rings is 2. The van der Waals surface area contributed by atoms with Crippen molar-refractivity contribution >= 4 is 5.97 Å². The molecule has 3 rings (SSSR count). The SMILES string of the molecule is CCOC(=O)C1=C(C)OC(N)=C(C#N)C1c1ccc(OCc2cccc(OC)c2)cc1. The number of nitriles is 1. The average Bonchev–Trinajstić information content (AvgIpc) is 2.78. The van der Waals surface area contributed by atoms with Crippen LogP contribution in [0.15, 0.2) is 71.3 Å². The summed E-state index contributed by atoms with van der Waals surface area (Å²) in [5.74, 6) is 0.494. The van der Waals surface area contributed by atoms with Crippen molar-refractivity contribution in [1.29, 1.82) is 5.26 Å². The monoisotopic (exact) mass is 420 g/mol. The summed E-state index contributed by atoms with van der Waals surface area (Å²) < 4.78 is 21.7. The Morgan fingerprint density at radius 2 is 1.94 bits per heavy atom. The van der Waals surface area contributed by atoms with Crippen molar-refractivity contribution in [3.8, 4) is 17.6 Å². The summed E-state index contributed by atoms with van der Waals surface area (Å²) in [6, 6.07) is 16.9. The molecule has 31 heavy (non-hydrogen) atoms. The highest BCUT2D eigenvalue weighted by atomic mass is 16.5. The van der Waals surface area contributed by atoms with Gasteiger partial charge in [0.2, 0.25) is 5.88 Å². The molecule has 0 spiro atoms. The van der Waals surface area contributed by atoms with Gasteiger partial charge in [0.15, 0.2) is 0 Å². The molecule has 0 aliphatic carbocycles. The van der Waals surface area contributed by atoms with Gasteiger partial charge in [0.1, 0.15) is 35.5 Å². The molecule has 0 bridgehead atoms. The topological polar surface area (TPSA) is 104 Å². The lowest BCUT2D eigenvalue weighted by Gasteiger charge is -2.26. The van der Waals surface area contributed by atoms with Crippen LogP contribution in [-0.4, -0.2) is 19.7 Å². The van der Waals surface area contributed by atoms with E-state index >= 15 is 0 Å². The van der Waals surface area contributed by atoms with Crippen LogP contribution in [0.2, 0.25) is 0 Å². The molecule has 1 atom stereocenters. The summed E-state index contributed by atoms with van der Waals surface area (Å²) in [4.78, 5) is 12.6. The number of methoxy groups -OCH3 is 1. The molecular formula is C24H24N2O5. The molecule has 7 nitrogen and oxygen atoms in total. The van der Waals surface area contributed by atoms with Crippen molar-refractivity contribution in [3.05, 3.63) is 82.4 Å². The van der Waals surface area contributed by atoms with Crippen molar-refractivity contribution < 1.29 is 23.7 Å². The van der Waals surface area contributed by atoms with Gasteiger partial charge < -0.3 is 24.7 Å². The third kappa shape index (κ3) is 4.81. The Kier molecular flexibility index (Phi) is 6.83. The second-order valence-electron chi connectivity index (χ2n) is 6.82. The normalized spacial score (nSPS) is 15.7. The van der Waals surface area contributed by atoms with E-state index in [1.807, 2.05) is 24.3 Å². The van der Waals surface area contributed by atoms with Crippen molar-refractivity contribution in [2.24, 2.45) is 5.73 Å². The fourth-order valence-corrected chi connectivity index (χ4v) is 3.37. The Morgan fingerprint density at radius 3 is 2.58 bits per heavy atom. The first-order chi connectivity index (χ1) is 15.0. The van der Waals surface area contributed by atoms with Crippen LogP contribution in [0.4, 0.5) is 0 Å². The molecule has 160 valence electrons. The Balaban J connectivity index is 1.85. The number of hydrogen-bond donors (Lipinski definition) is 1. The van der Waals surface area contributed by atoms with Gasteiger partial charge in [-0.2, -0.15) is 5.26 Å². The summed E-state index contributed by atoms with van der Waals surface area (Å²) in [6.07, 6.45) is 0. The molecule has 0 saturated heterocycles. The first-order valence-electron chi connectivity index (χ1n) is 9.79. The largest absolute Gasteiger partial charge is 0.497 e. The van der Waals surface area contributed by atoms with Crippen LogP contribution in [-0.2, 0) is 20.9 Å². The summed E-state index contributed by atoms with van der Waals surface area (Å²) in [7, 11) is 1.62. The van der Waals surface area contributed by atoms with E-state index in [9.17, 15) is 10.1 Å². The molecule has 0 aromatic heterocycles. The fraction of sp³-hybridized carbons (Fsp3) is 0.250. The number of nitrogens with zero attached hydrogens (tertiary/aromatic N) is 1. The maximum Gasteiger partial charge on any atom is 0.338 e. The Morgan fingerprint density at radius 1 is 1.19 bits per heavy atom. The predicted octanol–water partition coefficient (Wildman–Crippen LogP) is 3.92. The van der Waals surface area contributed by atoms with E-state index in [2.05, 4.69) is 6.07 Å². The first-order valence-corrected chi connectivity index (χ1v) is 9.79. The van der Waals surface area contributed by atoms with Gasteiger partial charge in [-0.1, -0.05) is 24.3 Å². The number of carbonyl (C=O) groups excluding carboxylic acids is 1. The molecule has 0 saturated carbocycles. The Labute approximate surface area is 181 Å². The van der Waals surface area contributed by atoms with E-state index in [4.69, 9.17) is 24.7 Å². The second-order valence-corrected chi connectivity index (χ2v) is 6.82. The summed E-state index contributed by atoms with van der Waals surface area (Å²) in [5.41, 5.74) is 8.03. The molecule has 0 radical (unpaired) electrons. The highest BCUT2D eigenvalue weighted by Gasteiger charge is 2.36. The van der Waals surface area contributed by atoms with Crippen molar-refractivity contribution in [3.63, 3.8) is 0 Å². The third-order valence-electron chi connectivity index (χ3n) is 4.85. The molecule has 2 aromatic carbocycles. The van der Waals surface area contributed by atoms with Gasteiger partial charge in [0, 0.05) is 0 Å². The smallest absolute Gasteiger partial charge is 0.338 e. The molecule has 1 aliphatic heterocycles. The number of carbonyl (C=O) groups is 1. The maximum atomic E-state index is 12.6. The minimum atomic E-state index is -0.676. The van der Waals surface area contributed by atoms with E-state index in [0.29, 0.717) is 23.7 Å². The van der Waals surface area contributed by atoms with Gasteiger partial charge in [-0.3, -0.25) is 0 Å². The molecule has 1 aliphatic rings. The highest BCUT2D eigenvalue weighted by Crippen LogP contribution is 2.40. The number of allylic oxidation sites excluding steroid dienone is 2. The van der Waals surface area contributed by atoms with E-state index in [1.54, 1.807) is 45.2 Å². The van der Waals surface area contributed by atoms with Crippen molar-refractivity contribution in [1.82, 2.24) is 0 Å². The predicted molar refractivity (Wildman–Crippen MR) is 114 cm³/mol. The molecule has 1 unspecified atom stereocenters. The highest BCUT2D eigenvalue weighted by molar-refractivity contribution is 5.92. The van der Waals surface area contributed by atoms with Crippen LogP contribution in [0.1, 0.15) is 30.9 Å². The van der Waals surface area contributed by atoms with Crippen molar-refractivity contribution in [2.75, 3.05) is 13.7 Å². The van der Waals surface area contributed by atoms with E-state index in [0.717, 1.165) is 11.3 Å². The number of ether oxygens (including phenoxy) is 4. The molecule has 7 heteroatoms. The minimum absolute atomic E-state index is 0.0172. The molecule has 2 aromatic rings. The molecule has 0 fully saturated rings. The van der Waals surface area contributed by atoms with E-state index in [1.165, 1.54) is 0 Å². The van der Waals surface area contributed by atoms with Crippen LogP contribution < -0.4 is 15.2 Å². The van der Waals surface area contributed by atoms with Gasteiger partial charge in [-0.15, -0.1) is 0 Å². The maximum absolute atomic E-state index is 12.6. The number of esters is 1. The van der Waals surface area contributed by atoms with Crippen LogP contribution >= 0.6 is 0 Å². The summed E-state index contributed by atoms with van der Waals surface area (Å²) in [5, 5.41) is 9.64. The van der Waals surface area contributed by atoms with Gasteiger partial charge in [-0.25, -0.2) is 4.79 Å². The summed E-state index contributed by atoms with van der Waals surface area (Å²) in [6.45, 7) is 3.93. The van der Waals surface area contributed by atoms with Gasteiger partial charge in [-0.05, 0) is 49.2 Å². The zero-order chi connectivity index (χ0) is 22.4. The zero-order valence-corrected chi connectivity index (χ0v) is 17.7. The van der Waals surface area contributed by atoms with Crippen LogP contribution in [0, 0.1) is 11.3 Å². The van der Waals surface area contributed by atoms with E-state index < -0.39 is 11.9 Å². The zero-order valence-electron chi connectivity index (χ0n) is 17.7. The standard InChI is InChI=1S/C24H24N2O5/c1-4-29-24(27)21-15(2)31-23(26)20(13-25)22(21)17-8-10-18(11-9-17)30-14-16-6-5-7-19(12-16)28-3/h5-12,22H,4,14,26H2,1-3H3. The minimum Gasteiger partial charge on any atom is -0.497 e. The lowest BCUT2D eigenvalue weighted by atomic mass is 9.83. The molecule has 0 amide bonds. The second kappa shape index (κ2) is 9.72. The van der Waals surface area contributed by atoms with Gasteiger partial charge in [0.25, 0.3) is 0 Å². The number of hydrogen-bond acceptors (Lipinski definition) is 7. The van der Waals surface area contributed by atoms with Gasteiger partial charge in [0.05, 0.1) is 25.2 Å². The fourth-order valence-electron chi connectivity index (χ4n) is 3.37. The lowest BCUT2D eigenvalue weighted by molar-refractivity contribution is -0.139. The van der Waals surface area contributed by atoms with Crippen LogP contribution in [0.3, 0.4) is 0 Å². The summed E-state index contributed by atoms with van der Waals surface area (Å²) >= 11 is 0. The quantitative estimate of drug-likeness (QED) is 0.677. The van der Waals surface area contributed by atoms with Crippen molar-refractivity contribution in [2.45, 2.75) is 26.4 Å². The lowest BCUT2D eigenvalue weighted by Crippen LogP contribution is -2.25. The molecule has 2 N–H and O–H groups in total. The number of rotatable bonds is 7. The van der Waals surface area contributed by atoms with Crippen LogP contribution in [0.25, 0.3) is 0 Å². The van der Waals surface area contributed by atoms with E-state index in [-0.39, 0.29) is 23.6 Å². The Hall–Kier alpha value is -3.92. The average molecular weight is 420 g/mol. The third-order valence-corrected chi connectivity index (χ3v) is 4.85. The number of nitrogens with two attached hydrogens (primary N) is 1. The van der Waals surface area contributed by atoms with Gasteiger partial charge >= 0.3 is 5.97 Å². The Bertz CT molecular complexity index is 1060. The molecule has 1 heterocycles. The first kappa shape index (κ1) is 21.8.